The third-order valence-electron chi connectivity index (χ3n) is 5.37. The highest BCUT2D eigenvalue weighted by molar-refractivity contribution is 7.86. The lowest BCUT2D eigenvalue weighted by Crippen LogP contribution is -2.54. The number of hydrogen-bond donors (Lipinski definition) is 0. The number of aromatic nitrogens is 4. The molecule has 2 aromatic rings. The molecule has 3 heterocycles. The first-order valence-electron chi connectivity index (χ1n) is 9.39. The normalized spacial score (nSPS) is 20.9. The van der Waals surface area contributed by atoms with E-state index in [1.165, 1.54) is 0 Å². The summed E-state index contributed by atoms with van der Waals surface area (Å²) in [4.78, 5) is 2.04. The van der Waals surface area contributed by atoms with Crippen LogP contribution in [0.1, 0.15) is 19.8 Å². The molecule has 0 spiro atoms. The molecule has 9 nitrogen and oxygen atoms in total. The zero-order valence-electron chi connectivity index (χ0n) is 15.5. The topological polar surface area (TPSA) is 87.5 Å². The van der Waals surface area contributed by atoms with Crippen molar-refractivity contribution in [1.82, 2.24) is 28.8 Å². The van der Waals surface area contributed by atoms with E-state index in [1.54, 1.807) is 13.3 Å². The molecular formula is C17H25N7O2S. The van der Waals surface area contributed by atoms with Crippen LogP contribution in [0, 0.1) is 5.92 Å². The van der Waals surface area contributed by atoms with Crippen LogP contribution in [0.3, 0.4) is 0 Å². The van der Waals surface area contributed by atoms with Gasteiger partial charge in [-0.15, -0.1) is 0 Å². The SMILES string of the molecule is CC1CCN(S(=O)(=O)N2CCN(c3nnnn3-c3ccccc3)CC2)CC1. The van der Waals surface area contributed by atoms with Crippen molar-refractivity contribution in [3.63, 3.8) is 0 Å². The minimum absolute atomic E-state index is 0.441. The molecule has 0 N–H and O–H groups in total. The van der Waals surface area contributed by atoms with Gasteiger partial charge in [-0.05, 0) is 41.3 Å². The van der Waals surface area contributed by atoms with Crippen LogP contribution in [0.2, 0.25) is 0 Å². The average molecular weight is 392 g/mol. The first-order chi connectivity index (χ1) is 13.1. The molecular weight excluding hydrogens is 366 g/mol. The fraction of sp³-hybridized carbons (Fsp3) is 0.588. The summed E-state index contributed by atoms with van der Waals surface area (Å²) in [5.74, 6) is 1.25. The van der Waals surface area contributed by atoms with Crippen LogP contribution in [-0.4, -0.2) is 76.5 Å². The minimum Gasteiger partial charge on any atom is -0.337 e. The molecule has 4 rings (SSSR count). The first-order valence-corrected chi connectivity index (χ1v) is 10.8. The Balaban J connectivity index is 1.43. The van der Waals surface area contributed by atoms with Crippen LogP contribution in [0.25, 0.3) is 5.69 Å². The molecule has 0 bridgehead atoms. The Morgan fingerprint density at radius 1 is 0.926 bits per heavy atom. The molecule has 0 amide bonds. The molecule has 0 atom stereocenters. The summed E-state index contributed by atoms with van der Waals surface area (Å²) < 4.78 is 30.8. The van der Waals surface area contributed by atoms with Gasteiger partial charge in [-0.3, -0.25) is 0 Å². The number of tetrazole rings is 1. The molecule has 2 saturated heterocycles. The van der Waals surface area contributed by atoms with Crippen LogP contribution < -0.4 is 4.90 Å². The number of nitrogens with zero attached hydrogens (tertiary/aromatic N) is 7. The van der Waals surface area contributed by atoms with Crippen LogP contribution in [0.15, 0.2) is 30.3 Å². The van der Waals surface area contributed by atoms with E-state index in [0.29, 0.717) is 51.1 Å². The van der Waals surface area contributed by atoms with Gasteiger partial charge in [0.15, 0.2) is 0 Å². The van der Waals surface area contributed by atoms with Gasteiger partial charge in [0.25, 0.3) is 10.2 Å². The Morgan fingerprint density at radius 2 is 1.56 bits per heavy atom. The van der Waals surface area contributed by atoms with Crippen LogP contribution >= 0.6 is 0 Å². The number of piperazine rings is 1. The largest absolute Gasteiger partial charge is 0.337 e. The summed E-state index contributed by atoms with van der Waals surface area (Å²) in [6, 6.07) is 9.70. The summed E-state index contributed by atoms with van der Waals surface area (Å²) in [7, 11) is -3.38. The van der Waals surface area contributed by atoms with Crippen molar-refractivity contribution in [2.24, 2.45) is 5.92 Å². The van der Waals surface area contributed by atoms with Gasteiger partial charge in [-0.1, -0.05) is 30.2 Å². The summed E-state index contributed by atoms with van der Waals surface area (Å²) >= 11 is 0. The molecule has 0 radical (unpaired) electrons. The lowest BCUT2D eigenvalue weighted by Gasteiger charge is -2.38. The fourth-order valence-corrected chi connectivity index (χ4v) is 5.24. The Hall–Kier alpha value is -2.04. The lowest BCUT2D eigenvalue weighted by molar-refractivity contribution is 0.260. The third kappa shape index (κ3) is 3.69. The summed E-state index contributed by atoms with van der Waals surface area (Å²) in [5.41, 5.74) is 0.884. The van der Waals surface area contributed by atoms with E-state index in [0.717, 1.165) is 18.5 Å². The maximum absolute atomic E-state index is 12.9. The highest BCUT2D eigenvalue weighted by Crippen LogP contribution is 2.23. The number of benzene rings is 1. The highest BCUT2D eigenvalue weighted by atomic mass is 32.2. The second kappa shape index (κ2) is 7.53. The molecule has 0 aliphatic carbocycles. The maximum Gasteiger partial charge on any atom is 0.282 e. The molecule has 1 aromatic heterocycles. The maximum atomic E-state index is 12.9. The molecule has 10 heteroatoms. The molecule has 2 aliphatic rings. The molecule has 2 fully saturated rings. The predicted molar refractivity (Wildman–Crippen MR) is 102 cm³/mol. The minimum atomic E-state index is -3.38. The Kier molecular flexibility index (Phi) is 5.11. The van der Waals surface area contributed by atoms with E-state index in [-0.39, 0.29) is 0 Å². The van der Waals surface area contributed by atoms with Crippen molar-refractivity contribution >= 4 is 16.2 Å². The summed E-state index contributed by atoms with van der Waals surface area (Å²) in [6.45, 7) is 5.44. The van der Waals surface area contributed by atoms with Gasteiger partial charge in [0.05, 0.1) is 5.69 Å². The van der Waals surface area contributed by atoms with Gasteiger partial charge < -0.3 is 4.90 Å². The van der Waals surface area contributed by atoms with Crippen molar-refractivity contribution in [3.8, 4) is 5.69 Å². The third-order valence-corrected chi connectivity index (χ3v) is 7.41. The molecule has 1 aromatic carbocycles. The highest BCUT2D eigenvalue weighted by Gasteiger charge is 2.34. The van der Waals surface area contributed by atoms with Gasteiger partial charge in [-0.2, -0.15) is 21.7 Å². The van der Waals surface area contributed by atoms with Gasteiger partial charge in [0, 0.05) is 39.3 Å². The van der Waals surface area contributed by atoms with Crippen molar-refractivity contribution in [1.29, 1.82) is 0 Å². The second-order valence-electron chi connectivity index (χ2n) is 7.20. The van der Waals surface area contributed by atoms with Crippen molar-refractivity contribution in [2.75, 3.05) is 44.2 Å². The smallest absolute Gasteiger partial charge is 0.282 e. The van der Waals surface area contributed by atoms with Crippen LogP contribution in [-0.2, 0) is 10.2 Å². The van der Waals surface area contributed by atoms with E-state index >= 15 is 0 Å². The molecule has 0 unspecified atom stereocenters. The number of anilines is 1. The predicted octanol–water partition coefficient (Wildman–Crippen LogP) is 0.761. The number of para-hydroxylation sites is 1. The zero-order chi connectivity index (χ0) is 18.9. The summed E-state index contributed by atoms with van der Waals surface area (Å²) in [5, 5.41) is 12.0. The van der Waals surface area contributed by atoms with E-state index in [9.17, 15) is 8.42 Å². The number of rotatable bonds is 4. The van der Waals surface area contributed by atoms with Crippen molar-refractivity contribution in [2.45, 2.75) is 19.8 Å². The standard InChI is InChI=1S/C17H25N7O2S/c1-15-7-9-22(10-8-15)27(25,26)23-13-11-21(12-14-23)17-18-19-20-24(17)16-5-3-2-4-6-16/h2-6,15H,7-14H2,1H3. The molecule has 2 aliphatic heterocycles. The van der Waals surface area contributed by atoms with Gasteiger partial charge in [-0.25, -0.2) is 0 Å². The van der Waals surface area contributed by atoms with E-state index in [1.807, 2.05) is 35.2 Å². The molecule has 27 heavy (non-hydrogen) atoms. The summed E-state index contributed by atoms with van der Waals surface area (Å²) in [6.07, 6.45) is 1.87. The fourth-order valence-electron chi connectivity index (χ4n) is 3.61. The van der Waals surface area contributed by atoms with Gasteiger partial charge in [0.1, 0.15) is 0 Å². The van der Waals surface area contributed by atoms with Crippen LogP contribution in [0.4, 0.5) is 5.95 Å². The second-order valence-corrected chi connectivity index (χ2v) is 9.13. The van der Waals surface area contributed by atoms with Gasteiger partial charge in [0.2, 0.25) is 5.95 Å². The molecule has 0 saturated carbocycles. The number of piperidine rings is 1. The van der Waals surface area contributed by atoms with Gasteiger partial charge >= 0.3 is 0 Å². The van der Waals surface area contributed by atoms with E-state index in [4.69, 9.17) is 0 Å². The molecule has 146 valence electrons. The Morgan fingerprint density at radius 3 is 2.22 bits per heavy atom. The van der Waals surface area contributed by atoms with Crippen molar-refractivity contribution in [3.05, 3.63) is 30.3 Å². The Bertz CT molecular complexity index is 854. The van der Waals surface area contributed by atoms with Crippen LogP contribution in [0.5, 0.6) is 0 Å². The van der Waals surface area contributed by atoms with Crippen molar-refractivity contribution < 1.29 is 8.42 Å². The van der Waals surface area contributed by atoms with E-state index in [2.05, 4.69) is 22.4 Å². The monoisotopic (exact) mass is 391 g/mol. The quantitative estimate of drug-likeness (QED) is 0.765. The lowest BCUT2D eigenvalue weighted by atomic mass is 10.0. The zero-order valence-corrected chi connectivity index (χ0v) is 16.3. The average Bonchev–Trinajstić information content (AvgIpc) is 3.19. The van der Waals surface area contributed by atoms with E-state index < -0.39 is 10.2 Å². The first kappa shape index (κ1) is 18.3. The number of hydrogen-bond acceptors (Lipinski definition) is 6. The Labute approximate surface area is 159 Å².